The summed E-state index contributed by atoms with van der Waals surface area (Å²) in [4.78, 5) is 0. The lowest BCUT2D eigenvalue weighted by Gasteiger charge is -2.09. The second kappa shape index (κ2) is 5.23. The summed E-state index contributed by atoms with van der Waals surface area (Å²) in [5, 5.41) is 8.87. The van der Waals surface area contributed by atoms with Gasteiger partial charge in [0.1, 0.15) is 0 Å². The molecule has 106 valence electrons. The fourth-order valence-corrected chi connectivity index (χ4v) is 2.57. The molecule has 3 nitrogen and oxygen atoms in total. The number of aromatic nitrogens is 2. The lowest BCUT2D eigenvalue weighted by atomic mass is 10.2. The highest BCUT2D eigenvalue weighted by Crippen LogP contribution is 2.24. The second-order valence-electron chi connectivity index (χ2n) is 5.64. The maximum atomic E-state index is 6.40. The summed E-state index contributed by atoms with van der Waals surface area (Å²) in [6, 6.07) is 6.89. The number of benzene rings is 1. The van der Waals surface area contributed by atoms with E-state index in [2.05, 4.69) is 36.4 Å². The highest BCUT2D eigenvalue weighted by Gasteiger charge is 2.20. The predicted octanol–water partition coefficient (Wildman–Crippen LogP) is 3.70. The highest BCUT2D eigenvalue weighted by atomic mass is 35.5. The molecule has 20 heavy (non-hydrogen) atoms. The van der Waals surface area contributed by atoms with E-state index in [0.29, 0.717) is 6.04 Å². The molecule has 1 fully saturated rings. The average molecular weight is 290 g/mol. The van der Waals surface area contributed by atoms with Gasteiger partial charge in [-0.2, -0.15) is 5.10 Å². The molecule has 4 heteroatoms. The van der Waals surface area contributed by atoms with Gasteiger partial charge in [0.25, 0.3) is 0 Å². The normalized spacial score (nSPS) is 14.8. The molecule has 1 N–H and O–H groups in total. The minimum Gasteiger partial charge on any atom is -0.310 e. The van der Waals surface area contributed by atoms with Crippen molar-refractivity contribution in [2.24, 2.45) is 0 Å². The zero-order valence-electron chi connectivity index (χ0n) is 12.2. The van der Waals surface area contributed by atoms with Gasteiger partial charge in [-0.3, -0.25) is 0 Å². The van der Waals surface area contributed by atoms with Crippen molar-refractivity contribution >= 4 is 11.6 Å². The Hall–Kier alpha value is -1.32. The number of halogens is 1. The molecule has 0 atom stereocenters. The summed E-state index contributed by atoms with van der Waals surface area (Å²) in [6.45, 7) is 7.07. The molecule has 0 saturated heterocycles. The Morgan fingerprint density at radius 2 is 2.05 bits per heavy atom. The SMILES string of the molecule is Cc1nn(-c2ccc(CNC3CC3)c(Cl)c2)c(C)c1C. The van der Waals surface area contributed by atoms with E-state index < -0.39 is 0 Å². The van der Waals surface area contributed by atoms with Gasteiger partial charge in [0, 0.05) is 23.3 Å². The largest absolute Gasteiger partial charge is 0.310 e. The van der Waals surface area contributed by atoms with E-state index in [4.69, 9.17) is 11.6 Å². The van der Waals surface area contributed by atoms with Crippen molar-refractivity contribution in [3.63, 3.8) is 0 Å². The van der Waals surface area contributed by atoms with Crippen molar-refractivity contribution in [2.75, 3.05) is 0 Å². The first kappa shape index (κ1) is 13.7. The summed E-state index contributed by atoms with van der Waals surface area (Å²) in [5.74, 6) is 0. The number of rotatable bonds is 4. The van der Waals surface area contributed by atoms with Crippen LogP contribution in [0.1, 0.15) is 35.4 Å². The third kappa shape index (κ3) is 2.60. The fraction of sp³-hybridized carbons (Fsp3) is 0.438. The number of hydrogen-bond acceptors (Lipinski definition) is 2. The van der Waals surface area contributed by atoms with Crippen molar-refractivity contribution in [1.29, 1.82) is 0 Å². The smallest absolute Gasteiger partial charge is 0.0663 e. The van der Waals surface area contributed by atoms with Crippen LogP contribution in [0.4, 0.5) is 0 Å². The maximum Gasteiger partial charge on any atom is 0.0663 e. The van der Waals surface area contributed by atoms with Crippen molar-refractivity contribution < 1.29 is 0 Å². The Kier molecular flexibility index (Phi) is 3.57. The third-order valence-electron chi connectivity index (χ3n) is 4.09. The minimum absolute atomic E-state index is 0.699. The first-order chi connectivity index (χ1) is 9.56. The molecular weight excluding hydrogens is 270 g/mol. The Morgan fingerprint density at radius 3 is 2.60 bits per heavy atom. The monoisotopic (exact) mass is 289 g/mol. The highest BCUT2D eigenvalue weighted by molar-refractivity contribution is 6.31. The first-order valence-electron chi connectivity index (χ1n) is 7.11. The molecule has 1 aromatic heterocycles. The topological polar surface area (TPSA) is 29.9 Å². The zero-order valence-corrected chi connectivity index (χ0v) is 13.0. The molecule has 0 aliphatic heterocycles. The number of hydrogen-bond donors (Lipinski definition) is 1. The number of nitrogens with one attached hydrogen (secondary N) is 1. The Balaban J connectivity index is 1.86. The van der Waals surface area contributed by atoms with Gasteiger partial charge in [-0.15, -0.1) is 0 Å². The molecule has 1 aromatic carbocycles. The molecular formula is C16H20ClN3. The standard InChI is InChI=1S/C16H20ClN3/c1-10-11(2)19-20(12(10)3)15-7-4-13(16(17)8-15)9-18-14-5-6-14/h4,7-8,14,18H,5-6,9H2,1-3H3. The Bertz CT molecular complexity index is 641. The van der Waals surface area contributed by atoms with Crippen LogP contribution in [0.2, 0.25) is 5.02 Å². The minimum atomic E-state index is 0.699. The van der Waals surface area contributed by atoms with Crippen LogP contribution < -0.4 is 5.32 Å². The van der Waals surface area contributed by atoms with E-state index >= 15 is 0 Å². The van der Waals surface area contributed by atoms with Crippen molar-refractivity contribution in [3.8, 4) is 5.69 Å². The molecule has 1 heterocycles. The number of nitrogens with zero attached hydrogens (tertiary/aromatic N) is 2. The molecule has 0 spiro atoms. The molecule has 0 amide bonds. The van der Waals surface area contributed by atoms with Gasteiger partial charge in [-0.25, -0.2) is 4.68 Å². The molecule has 3 rings (SSSR count). The van der Waals surface area contributed by atoms with Gasteiger partial charge in [-0.1, -0.05) is 17.7 Å². The van der Waals surface area contributed by atoms with E-state index in [1.807, 2.05) is 17.7 Å². The van der Waals surface area contributed by atoms with Crippen LogP contribution in [-0.4, -0.2) is 15.8 Å². The average Bonchev–Trinajstić information content (AvgIpc) is 3.21. The molecule has 2 aromatic rings. The van der Waals surface area contributed by atoms with Crippen LogP contribution in [0.15, 0.2) is 18.2 Å². The Morgan fingerprint density at radius 1 is 1.30 bits per heavy atom. The molecule has 0 radical (unpaired) electrons. The van der Waals surface area contributed by atoms with Gasteiger partial charge in [0.05, 0.1) is 11.4 Å². The summed E-state index contributed by atoms with van der Waals surface area (Å²) in [5.41, 5.74) is 5.65. The lowest BCUT2D eigenvalue weighted by Crippen LogP contribution is -2.15. The van der Waals surface area contributed by atoms with Crippen molar-refractivity contribution in [3.05, 3.63) is 45.7 Å². The lowest BCUT2D eigenvalue weighted by molar-refractivity contribution is 0.687. The van der Waals surface area contributed by atoms with Crippen LogP contribution >= 0.6 is 11.6 Å². The van der Waals surface area contributed by atoms with E-state index in [1.54, 1.807) is 0 Å². The quantitative estimate of drug-likeness (QED) is 0.930. The van der Waals surface area contributed by atoms with Gasteiger partial charge in [0.2, 0.25) is 0 Å². The van der Waals surface area contributed by atoms with E-state index in [-0.39, 0.29) is 0 Å². The second-order valence-corrected chi connectivity index (χ2v) is 6.05. The van der Waals surface area contributed by atoms with E-state index in [9.17, 15) is 0 Å². The molecule has 0 bridgehead atoms. The van der Waals surface area contributed by atoms with Gasteiger partial charge in [0.15, 0.2) is 0 Å². The predicted molar refractivity (Wildman–Crippen MR) is 82.6 cm³/mol. The molecule has 0 unspecified atom stereocenters. The van der Waals surface area contributed by atoms with Crippen molar-refractivity contribution in [1.82, 2.24) is 15.1 Å². The van der Waals surface area contributed by atoms with Crippen LogP contribution in [-0.2, 0) is 6.54 Å². The fourth-order valence-electron chi connectivity index (χ4n) is 2.33. The first-order valence-corrected chi connectivity index (χ1v) is 7.49. The van der Waals surface area contributed by atoms with Gasteiger partial charge < -0.3 is 5.32 Å². The maximum absolute atomic E-state index is 6.40. The summed E-state index contributed by atoms with van der Waals surface area (Å²) >= 11 is 6.40. The van der Waals surface area contributed by atoms with Crippen molar-refractivity contribution in [2.45, 2.75) is 46.2 Å². The molecule has 1 saturated carbocycles. The van der Waals surface area contributed by atoms with Crippen LogP contribution in [0.3, 0.4) is 0 Å². The van der Waals surface area contributed by atoms with E-state index in [0.717, 1.165) is 28.5 Å². The summed E-state index contributed by atoms with van der Waals surface area (Å²) in [6.07, 6.45) is 2.58. The Labute approximate surface area is 124 Å². The van der Waals surface area contributed by atoms with Crippen LogP contribution in [0.25, 0.3) is 5.69 Å². The van der Waals surface area contributed by atoms with Gasteiger partial charge >= 0.3 is 0 Å². The molecule has 1 aliphatic rings. The zero-order chi connectivity index (χ0) is 14.3. The van der Waals surface area contributed by atoms with Gasteiger partial charge in [-0.05, 0) is 56.9 Å². The van der Waals surface area contributed by atoms with Crippen LogP contribution in [0, 0.1) is 20.8 Å². The third-order valence-corrected chi connectivity index (χ3v) is 4.44. The van der Waals surface area contributed by atoms with Crippen LogP contribution in [0.5, 0.6) is 0 Å². The summed E-state index contributed by atoms with van der Waals surface area (Å²) in [7, 11) is 0. The number of aryl methyl sites for hydroxylation is 1. The summed E-state index contributed by atoms with van der Waals surface area (Å²) < 4.78 is 1.97. The van der Waals surface area contributed by atoms with E-state index in [1.165, 1.54) is 24.1 Å². The molecule has 1 aliphatic carbocycles.